The molecule has 1 saturated heterocycles. The number of hydrogen-bond acceptors (Lipinski definition) is 0. The second-order valence-electron chi connectivity index (χ2n) is 4.24. The van der Waals surface area contributed by atoms with Crippen LogP contribution in [-0.4, -0.2) is 13.1 Å². The van der Waals surface area contributed by atoms with E-state index in [1.165, 1.54) is 19.5 Å². The first-order valence-electron chi connectivity index (χ1n) is 4.58. The van der Waals surface area contributed by atoms with Gasteiger partial charge in [-0.2, -0.15) is 0 Å². The van der Waals surface area contributed by atoms with Crippen molar-refractivity contribution in [2.24, 2.45) is 23.7 Å². The van der Waals surface area contributed by atoms with Crippen molar-refractivity contribution in [3.8, 4) is 0 Å². The van der Waals surface area contributed by atoms with Gasteiger partial charge in [0, 0.05) is 13.1 Å². The van der Waals surface area contributed by atoms with E-state index in [1.807, 2.05) is 0 Å². The summed E-state index contributed by atoms with van der Waals surface area (Å²) in [6.07, 6.45) is 4.54. The standard InChI is InChI=1S/C9H14N/c1-2-10-5-9-7-3-6(1)8(9)4-7/h6-9H,1-5H2. The highest BCUT2D eigenvalue weighted by Gasteiger charge is 2.52. The lowest BCUT2D eigenvalue weighted by molar-refractivity contribution is 0.148. The lowest BCUT2D eigenvalue weighted by Gasteiger charge is -2.35. The lowest BCUT2D eigenvalue weighted by atomic mass is 9.71. The summed E-state index contributed by atoms with van der Waals surface area (Å²) >= 11 is 0. The van der Waals surface area contributed by atoms with Gasteiger partial charge in [-0.3, -0.25) is 0 Å². The van der Waals surface area contributed by atoms with Crippen LogP contribution in [0.4, 0.5) is 0 Å². The zero-order chi connectivity index (χ0) is 6.55. The highest BCUT2D eigenvalue weighted by Crippen LogP contribution is 2.58. The molecule has 4 aliphatic rings. The largest absolute Gasteiger partial charge is 0.241 e. The maximum Gasteiger partial charge on any atom is 0.0167 e. The molecule has 0 aromatic rings. The van der Waals surface area contributed by atoms with Gasteiger partial charge in [-0.1, -0.05) is 0 Å². The van der Waals surface area contributed by atoms with Gasteiger partial charge in [0.05, 0.1) is 0 Å². The van der Waals surface area contributed by atoms with Crippen molar-refractivity contribution >= 4 is 0 Å². The molecule has 1 aliphatic heterocycles. The predicted octanol–water partition coefficient (Wildman–Crippen LogP) is 1.27. The van der Waals surface area contributed by atoms with Crippen LogP contribution >= 0.6 is 0 Å². The van der Waals surface area contributed by atoms with Crippen LogP contribution < -0.4 is 5.32 Å². The Morgan fingerprint density at radius 3 is 3.00 bits per heavy atom. The molecular formula is C9H14N. The number of nitrogens with zero attached hydrogens (tertiary/aromatic N) is 1. The summed E-state index contributed by atoms with van der Waals surface area (Å²) in [5.74, 6) is 4.38. The molecule has 55 valence electrons. The molecule has 1 heterocycles. The van der Waals surface area contributed by atoms with Crippen LogP contribution in [0.15, 0.2) is 0 Å². The van der Waals surface area contributed by atoms with Gasteiger partial charge >= 0.3 is 0 Å². The molecule has 4 atom stereocenters. The van der Waals surface area contributed by atoms with Gasteiger partial charge in [0.1, 0.15) is 0 Å². The van der Waals surface area contributed by atoms with E-state index in [1.54, 1.807) is 12.8 Å². The first-order valence-corrected chi connectivity index (χ1v) is 4.58. The van der Waals surface area contributed by atoms with Crippen LogP contribution in [0.1, 0.15) is 19.3 Å². The SMILES string of the molecule is C1CC2CC3CC2C3C[N]1. The van der Waals surface area contributed by atoms with E-state index in [0.29, 0.717) is 0 Å². The Bertz CT molecular complexity index is 147. The van der Waals surface area contributed by atoms with Gasteiger partial charge in [0.2, 0.25) is 0 Å². The summed E-state index contributed by atoms with van der Waals surface area (Å²) < 4.78 is 0. The lowest BCUT2D eigenvalue weighted by Crippen LogP contribution is -2.33. The predicted molar refractivity (Wildman–Crippen MR) is 39.7 cm³/mol. The second kappa shape index (κ2) is 1.76. The first-order chi connectivity index (χ1) is 4.95. The average molecular weight is 136 g/mol. The van der Waals surface area contributed by atoms with Crippen molar-refractivity contribution in [3.05, 3.63) is 0 Å². The molecule has 10 heavy (non-hydrogen) atoms. The molecule has 0 amide bonds. The molecule has 1 heteroatoms. The summed E-state index contributed by atoms with van der Waals surface area (Å²) in [4.78, 5) is 0. The summed E-state index contributed by atoms with van der Waals surface area (Å²) in [5, 5.41) is 4.53. The second-order valence-corrected chi connectivity index (χ2v) is 4.24. The smallest absolute Gasteiger partial charge is 0.0167 e. The van der Waals surface area contributed by atoms with E-state index < -0.39 is 0 Å². The molecule has 3 saturated carbocycles. The van der Waals surface area contributed by atoms with Crippen LogP contribution in [0.25, 0.3) is 0 Å². The monoisotopic (exact) mass is 136 g/mol. The topological polar surface area (TPSA) is 14.1 Å². The fraction of sp³-hybridized carbons (Fsp3) is 1.00. The molecule has 0 aromatic carbocycles. The van der Waals surface area contributed by atoms with Crippen molar-refractivity contribution in [1.82, 2.24) is 5.32 Å². The third-order valence-corrected chi connectivity index (χ3v) is 3.94. The Kier molecular flexibility index (Phi) is 0.984. The van der Waals surface area contributed by atoms with E-state index in [-0.39, 0.29) is 0 Å². The Balaban J connectivity index is 1.87. The van der Waals surface area contributed by atoms with E-state index in [2.05, 4.69) is 5.32 Å². The summed E-state index contributed by atoms with van der Waals surface area (Å²) in [6, 6.07) is 0. The van der Waals surface area contributed by atoms with Crippen molar-refractivity contribution in [2.45, 2.75) is 19.3 Å². The van der Waals surface area contributed by atoms with Crippen LogP contribution in [0.5, 0.6) is 0 Å². The molecule has 0 spiro atoms. The molecule has 4 rings (SSSR count). The minimum atomic E-state index is 1.05. The molecule has 1 radical (unpaired) electrons. The fourth-order valence-electron chi connectivity index (χ4n) is 3.34. The highest BCUT2D eigenvalue weighted by molar-refractivity contribution is 5.03. The van der Waals surface area contributed by atoms with Crippen LogP contribution in [0, 0.1) is 23.7 Å². The van der Waals surface area contributed by atoms with Gasteiger partial charge in [-0.05, 0) is 42.9 Å². The van der Waals surface area contributed by atoms with Gasteiger partial charge in [0.15, 0.2) is 0 Å². The molecule has 4 bridgehead atoms. The van der Waals surface area contributed by atoms with Crippen LogP contribution in [-0.2, 0) is 0 Å². The third-order valence-electron chi connectivity index (χ3n) is 3.94. The highest BCUT2D eigenvalue weighted by atomic mass is 14.9. The molecule has 4 fully saturated rings. The summed E-state index contributed by atoms with van der Waals surface area (Å²) in [7, 11) is 0. The van der Waals surface area contributed by atoms with Gasteiger partial charge < -0.3 is 0 Å². The quantitative estimate of drug-likeness (QED) is 0.476. The zero-order valence-electron chi connectivity index (χ0n) is 6.29. The minimum absolute atomic E-state index is 1.05. The first kappa shape index (κ1) is 5.59. The van der Waals surface area contributed by atoms with E-state index in [9.17, 15) is 0 Å². The molecule has 3 aliphatic carbocycles. The summed E-state index contributed by atoms with van der Waals surface area (Å²) in [5.41, 5.74) is 0. The maximum absolute atomic E-state index is 4.53. The number of hydrogen-bond donors (Lipinski definition) is 0. The van der Waals surface area contributed by atoms with Crippen molar-refractivity contribution in [1.29, 1.82) is 0 Å². The average Bonchev–Trinajstić information content (AvgIpc) is 2.36. The van der Waals surface area contributed by atoms with Gasteiger partial charge in [-0.15, -0.1) is 0 Å². The Morgan fingerprint density at radius 2 is 2.00 bits per heavy atom. The van der Waals surface area contributed by atoms with Gasteiger partial charge in [-0.25, -0.2) is 5.32 Å². The van der Waals surface area contributed by atoms with Crippen LogP contribution in [0.2, 0.25) is 0 Å². The van der Waals surface area contributed by atoms with Crippen LogP contribution in [0.3, 0.4) is 0 Å². The molecule has 1 nitrogen and oxygen atoms in total. The number of rotatable bonds is 0. The maximum atomic E-state index is 4.53. The normalized spacial score (nSPS) is 57.6. The van der Waals surface area contributed by atoms with Gasteiger partial charge in [0.25, 0.3) is 0 Å². The molecule has 4 unspecified atom stereocenters. The molecule has 0 N–H and O–H groups in total. The Labute approximate surface area is 62.2 Å². The molecular weight excluding hydrogens is 122 g/mol. The zero-order valence-corrected chi connectivity index (χ0v) is 6.29. The molecule has 0 aromatic heterocycles. The van der Waals surface area contributed by atoms with E-state index in [0.717, 1.165) is 23.7 Å². The Morgan fingerprint density at radius 1 is 1.00 bits per heavy atom. The van der Waals surface area contributed by atoms with E-state index >= 15 is 0 Å². The van der Waals surface area contributed by atoms with E-state index in [4.69, 9.17) is 0 Å². The Hall–Kier alpha value is -0.0400. The minimum Gasteiger partial charge on any atom is -0.241 e. The summed E-state index contributed by atoms with van der Waals surface area (Å²) in [6.45, 7) is 2.39. The van der Waals surface area contributed by atoms with Crippen molar-refractivity contribution in [3.63, 3.8) is 0 Å². The van der Waals surface area contributed by atoms with Crippen molar-refractivity contribution < 1.29 is 0 Å². The fourth-order valence-corrected chi connectivity index (χ4v) is 3.34. The van der Waals surface area contributed by atoms with Crippen molar-refractivity contribution in [2.75, 3.05) is 13.1 Å². The third kappa shape index (κ3) is 0.531.